The van der Waals surface area contributed by atoms with Crippen LogP contribution in [0.1, 0.15) is 16.8 Å². The van der Waals surface area contributed by atoms with E-state index >= 15 is 0 Å². The summed E-state index contributed by atoms with van der Waals surface area (Å²) in [6.07, 6.45) is 0.923. The molecule has 0 radical (unpaired) electrons. The van der Waals surface area contributed by atoms with Crippen LogP contribution in [0, 0.1) is 0 Å². The maximum Gasteiger partial charge on any atom is 0.321 e. The number of carbonyl (C=O) groups excluding carboxylic acids is 2. The highest BCUT2D eigenvalue weighted by atomic mass is 16.2. The summed E-state index contributed by atoms with van der Waals surface area (Å²) in [5.74, 6) is -0.160. The number of nitrogens with zero attached hydrogens (tertiary/aromatic N) is 2. The lowest BCUT2D eigenvalue weighted by molar-refractivity contribution is 0.102. The highest BCUT2D eigenvalue weighted by molar-refractivity contribution is 6.05. The van der Waals surface area contributed by atoms with Crippen LogP contribution in [0.25, 0.3) is 0 Å². The van der Waals surface area contributed by atoms with E-state index in [4.69, 9.17) is 0 Å². The molecule has 6 nitrogen and oxygen atoms in total. The molecule has 1 aliphatic heterocycles. The molecule has 0 spiro atoms. The third-order valence-electron chi connectivity index (χ3n) is 4.14. The first-order valence-electron chi connectivity index (χ1n) is 8.29. The summed E-state index contributed by atoms with van der Waals surface area (Å²) in [5.41, 5.74) is 3.09. The zero-order valence-electron chi connectivity index (χ0n) is 14.5. The number of carbonyl (C=O) groups is 2. The fraction of sp³-hybridized carbons (Fsp3) is 0.263. The summed E-state index contributed by atoms with van der Waals surface area (Å²) in [4.78, 5) is 28.0. The molecule has 1 saturated heterocycles. The lowest BCUT2D eigenvalue weighted by Gasteiger charge is -2.27. The third kappa shape index (κ3) is 3.91. The van der Waals surface area contributed by atoms with Crippen LogP contribution in [0.3, 0.4) is 0 Å². The van der Waals surface area contributed by atoms with Crippen molar-refractivity contribution in [2.45, 2.75) is 6.42 Å². The topological polar surface area (TPSA) is 64.7 Å². The largest absolute Gasteiger partial charge is 0.378 e. The van der Waals surface area contributed by atoms with Gasteiger partial charge in [-0.05, 0) is 48.9 Å². The predicted octanol–water partition coefficient (Wildman–Crippen LogP) is 2.92. The molecular formula is C19H22N4O2. The van der Waals surface area contributed by atoms with Crippen LogP contribution < -0.4 is 20.4 Å². The van der Waals surface area contributed by atoms with Crippen LogP contribution in [0.15, 0.2) is 48.5 Å². The van der Waals surface area contributed by atoms with Gasteiger partial charge in [-0.2, -0.15) is 0 Å². The van der Waals surface area contributed by atoms with Gasteiger partial charge in [0.1, 0.15) is 0 Å². The van der Waals surface area contributed by atoms with Gasteiger partial charge in [0, 0.05) is 49.8 Å². The molecule has 2 aromatic carbocycles. The second kappa shape index (κ2) is 7.25. The average molecular weight is 338 g/mol. The van der Waals surface area contributed by atoms with Crippen molar-refractivity contribution < 1.29 is 9.59 Å². The number of anilines is 3. The van der Waals surface area contributed by atoms with Crippen molar-refractivity contribution in [3.63, 3.8) is 0 Å². The first kappa shape index (κ1) is 16.8. The number of nitrogens with one attached hydrogen (secondary N) is 2. The van der Waals surface area contributed by atoms with Gasteiger partial charge in [0.05, 0.1) is 0 Å². The molecule has 0 unspecified atom stereocenters. The van der Waals surface area contributed by atoms with E-state index in [0.29, 0.717) is 17.8 Å². The Kier molecular flexibility index (Phi) is 4.88. The molecule has 0 bridgehead atoms. The lowest BCUT2D eigenvalue weighted by Crippen LogP contribution is -2.46. The highest BCUT2D eigenvalue weighted by Gasteiger charge is 2.19. The Hall–Kier alpha value is -3.02. The Morgan fingerprint density at radius 2 is 1.92 bits per heavy atom. The Morgan fingerprint density at radius 1 is 1.16 bits per heavy atom. The molecule has 3 amide bonds. The molecule has 3 rings (SSSR count). The molecule has 6 heteroatoms. The first-order valence-corrected chi connectivity index (χ1v) is 8.29. The number of hydrogen-bond donors (Lipinski definition) is 2. The standard InChI is InChI=1S/C19H22N4O2/c1-22(2)17-6-3-5-14(13-17)18(24)21-15-7-9-16(10-8-15)23-12-4-11-20-19(23)25/h3,5-10,13H,4,11-12H2,1-2H3,(H,20,25)(H,21,24). The van der Waals surface area contributed by atoms with Crippen molar-refractivity contribution in [2.75, 3.05) is 42.3 Å². The normalized spacial score (nSPS) is 14.0. The second-order valence-corrected chi connectivity index (χ2v) is 6.18. The van der Waals surface area contributed by atoms with E-state index < -0.39 is 0 Å². The minimum Gasteiger partial charge on any atom is -0.378 e. The average Bonchev–Trinajstić information content (AvgIpc) is 2.63. The van der Waals surface area contributed by atoms with Gasteiger partial charge in [0.25, 0.3) is 5.91 Å². The van der Waals surface area contributed by atoms with Crippen LogP contribution in [0.2, 0.25) is 0 Å². The van der Waals surface area contributed by atoms with Crippen molar-refractivity contribution in [3.8, 4) is 0 Å². The van der Waals surface area contributed by atoms with Crippen molar-refractivity contribution in [1.29, 1.82) is 0 Å². The fourth-order valence-electron chi connectivity index (χ4n) is 2.73. The summed E-state index contributed by atoms with van der Waals surface area (Å²) in [6, 6.07) is 14.7. The molecule has 0 aromatic heterocycles. The number of urea groups is 1. The van der Waals surface area contributed by atoms with Gasteiger partial charge in [-0.1, -0.05) is 6.07 Å². The van der Waals surface area contributed by atoms with Crippen LogP contribution >= 0.6 is 0 Å². The van der Waals surface area contributed by atoms with Gasteiger partial charge < -0.3 is 15.5 Å². The molecule has 1 aliphatic rings. The Morgan fingerprint density at radius 3 is 2.60 bits per heavy atom. The van der Waals surface area contributed by atoms with Gasteiger partial charge in [0.2, 0.25) is 0 Å². The fourth-order valence-corrected chi connectivity index (χ4v) is 2.73. The predicted molar refractivity (Wildman–Crippen MR) is 101 cm³/mol. The zero-order valence-corrected chi connectivity index (χ0v) is 14.5. The van der Waals surface area contributed by atoms with Gasteiger partial charge in [-0.25, -0.2) is 4.79 Å². The number of amides is 3. The van der Waals surface area contributed by atoms with Gasteiger partial charge in [-0.3, -0.25) is 9.69 Å². The van der Waals surface area contributed by atoms with Crippen molar-refractivity contribution in [1.82, 2.24) is 5.32 Å². The minimum atomic E-state index is -0.160. The summed E-state index contributed by atoms with van der Waals surface area (Å²) in [5, 5.41) is 5.72. The second-order valence-electron chi connectivity index (χ2n) is 6.18. The summed E-state index contributed by atoms with van der Waals surface area (Å²) in [6.45, 7) is 1.42. The third-order valence-corrected chi connectivity index (χ3v) is 4.14. The van der Waals surface area contributed by atoms with Crippen LogP contribution in [0.4, 0.5) is 21.9 Å². The molecule has 0 saturated carbocycles. The van der Waals surface area contributed by atoms with Crippen LogP contribution in [-0.2, 0) is 0 Å². The van der Waals surface area contributed by atoms with Crippen LogP contribution in [-0.4, -0.2) is 39.1 Å². The van der Waals surface area contributed by atoms with E-state index in [0.717, 1.165) is 24.3 Å². The molecule has 2 N–H and O–H groups in total. The van der Waals surface area contributed by atoms with Crippen molar-refractivity contribution in [2.24, 2.45) is 0 Å². The molecule has 25 heavy (non-hydrogen) atoms. The molecule has 0 atom stereocenters. The SMILES string of the molecule is CN(C)c1cccc(C(=O)Nc2ccc(N3CCCNC3=O)cc2)c1. The molecule has 1 heterocycles. The molecule has 2 aromatic rings. The van der Waals surface area contributed by atoms with E-state index in [9.17, 15) is 9.59 Å². The van der Waals surface area contributed by atoms with E-state index in [-0.39, 0.29) is 11.9 Å². The van der Waals surface area contributed by atoms with Gasteiger partial charge in [-0.15, -0.1) is 0 Å². The number of rotatable bonds is 4. The smallest absolute Gasteiger partial charge is 0.321 e. The maximum atomic E-state index is 12.4. The maximum absolute atomic E-state index is 12.4. The Labute approximate surface area is 147 Å². The zero-order chi connectivity index (χ0) is 17.8. The molecule has 130 valence electrons. The van der Waals surface area contributed by atoms with Crippen molar-refractivity contribution in [3.05, 3.63) is 54.1 Å². The number of hydrogen-bond acceptors (Lipinski definition) is 3. The minimum absolute atomic E-state index is 0.0801. The summed E-state index contributed by atoms with van der Waals surface area (Å²) in [7, 11) is 3.87. The van der Waals surface area contributed by atoms with Gasteiger partial charge >= 0.3 is 6.03 Å². The quantitative estimate of drug-likeness (QED) is 0.901. The molecular weight excluding hydrogens is 316 g/mol. The van der Waals surface area contributed by atoms with Crippen LogP contribution in [0.5, 0.6) is 0 Å². The number of benzene rings is 2. The highest BCUT2D eigenvalue weighted by Crippen LogP contribution is 2.21. The molecule has 1 fully saturated rings. The Balaban J connectivity index is 1.70. The van der Waals surface area contributed by atoms with Gasteiger partial charge in [0.15, 0.2) is 0 Å². The van der Waals surface area contributed by atoms with Crippen molar-refractivity contribution >= 4 is 29.0 Å². The van der Waals surface area contributed by atoms with E-state index in [1.807, 2.05) is 61.5 Å². The summed E-state index contributed by atoms with van der Waals surface area (Å²) < 4.78 is 0. The Bertz CT molecular complexity index is 771. The van der Waals surface area contributed by atoms with E-state index in [2.05, 4.69) is 10.6 Å². The monoisotopic (exact) mass is 338 g/mol. The summed E-state index contributed by atoms with van der Waals surface area (Å²) >= 11 is 0. The first-order chi connectivity index (χ1) is 12.0. The van der Waals surface area contributed by atoms with E-state index in [1.165, 1.54) is 0 Å². The van der Waals surface area contributed by atoms with E-state index in [1.54, 1.807) is 11.0 Å². The lowest BCUT2D eigenvalue weighted by atomic mass is 10.1. The molecule has 0 aliphatic carbocycles.